The molecule has 0 aliphatic carbocycles. The Balaban J connectivity index is 2.03. The van der Waals surface area contributed by atoms with E-state index in [9.17, 15) is 38.7 Å². The molecule has 7 amide bonds. The number of hydrogen-bond acceptors (Lipinski definition) is 14. The monoisotopic (exact) mass is 836 g/mol. The van der Waals surface area contributed by atoms with E-state index in [0.29, 0.717) is 5.84 Å². The molecular formula is C38H69N13O8. The Bertz CT molecular complexity index is 1500. The molecule has 0 aromatic heterocycles. The number of nitrogens with two attached hydrogens (primary N) is 3. The van der Waals surface area contributed by atoms with Gasteiger partial charge in [0, 0.05) is 6.54 Å². The van der Waals surface area contributed by atoms with Gasteiger partial charge in [-0.05, 0) is 103 Å². The van der Waals surface area contributed by atoms with Crippen LogP contribution in [-0.4, -0.2) is 145 Å². The van der Waals surface area contributed by atoms with Crippen molar-refractivity contribution in [3.8, 4) is 0 Å². The van der Waals surface area contributed by atoms with Crippen molar-refractivity contribution >= 4 is 47.2 Å². The molecule has 59 heavy (non-hydrogen) atoms. The van der Waals surface area contributed by atoms with Crippen molar-refractivity contribution in [3.63, 3.8) is 0 Å². The molecule has 16 N–H and O–H groups in total. The number of aliphatic hydroxyl groups is 1. The van der Waals surface area contributed by atoms with Crippen molar-refractivity contribution in [3.05, 3.63) is 0 Å². The summed E-state index contributed by atoms with van der Waals surface area (Å²) >= 11 is 0. The van der Waals surface area contributed by atoms with Gasteiger partial charge in [0.2, 0.25) is 41.4 Å². The third-order valence-corrected chi connectivity index (χ3v) is 10.5. The maximum Gasteiger partial charge on any atom is 0.245 e. The molecule has 2 saturated heterocycles. The molecule has 0 aromatic rings. The number of aliphatic imine (C=N–C) groups is 1. The van der Waals surface area contributed by atoms with E-state index in [4.69, 9.17) is 17.2 Å². The van der Waals surface area contributed by atoms with Crippen LogP contribution in [0.1, 0.15) is 86.0 Å². The van der Waals surface area contributed by atoms with Gasteiger partial charge in [-0.3, -0.25) is 38.6 Å². The van der Waals surface area contributed by atoms with E-state index in [-0.39, 0.29) is 76.5 Å². The summed E-state index contributed by atoms with van der Waals surface area (Å²) in [5, 5.41) is 35.8. The Labute approximate surface area is 346 Å². The molecule has 0 bridgehead atoms. The first kappa shape index (κ1) is 48.9. The van der Waals surface area contributed by atoms with Gasteiger partial charge in [-0.25, -0.2) is 0 Å². The molecule has 1 spiro atoms. The standard InChI is InChI=1S/C38H69N13O8/c1-20(2)18-27-34(57)46-23(6-12-39)30(53)45-25(8-14-41)33(56)50-29(22(5)52)36(59)43-15-9-26(49-37-38(51-37)10-16-42-17-11-38)32(55)44-24(7-13-40)31(54)47-28(19-21(3)4)35(58)48-27/h20-29,42,52H,6-19,39-41H2,1-5H3,(H,43,59)(H,44,55)(H,45,53)(H,46,57)(H,47,54)(H,48,58)(H,49,51)(H,50,56)/t22-,23+,24+,25+,26+,27+,28-,29+/m1/s1. The fraction of sp³-hybridized carbons (Fsp3) is 0.789. The zero-order valence-corrected chi connectivity index (χ0v) is 35.2. The summed E-state index contributed by atoms with van der Waals surface area (Å²) in [5.41, 5.74) is 17.1. The summed E-state index contributed by atoms with van der Waals surface area (Å²) < 4.78 is 0. The van der Waals surface area contributed by atoms with Crippen LogP contribution >= 0.6 is 0 Å². The molecule has 0 saturated carbocycles. The molecule has 0 radical (unpaired) electrons. The normalized spacial score (nSPS) is 28.6. The minimum Gasteiger partial charge on any atom is -0.391 e. The second-order valence-electron chi connectivity index (χ2n) is 16.5. The van der Waals surface area contributed by atoms with Crippen molar-refractivity contribution in [2.45, 2.75) is 140 Å². The van der Waals surface area contributed by atoms with E-state index in [0.717, 1.165) is 25.9 Å². The summed E-state index contributed by atoms with van der Waals surface area (Å²) in [4.78, 5) is 101. The summed E-state index contributed by atoms with van der Waals surface area (Å²) in [6.07, 6.45) is 0.378. The van der Waals surface area contributed by atoms with Crippen LogP contribution in [0.5, 0.6) is 0 Å². The summed E-state index contributed by atoms with van der Waals surface area (Å²) in [7, 11) is 0. The predicted molar refractivity (Wildman–Crippen MR) is 220 cm³/mol. The number of nitrogens with zero attached hydrogens (tertiary/aromatic N) is 1. The lowest BCUT2D eigenvalue weighted by Gasteiger charge is -2.29. The molecule has 21 nitrogen and oxygen atoms in total. The molecule has 21 heteroatoms. The Hall–Kier alpha value is -4.44. The van der Waals surface area contributed by atoms with Crippen LogP contribution in [0.3, 0.4) is 0 Å². The first-order valence-electron chi connectivity index (χ1n) is 20.9. The highest BCUT2D eigenvalue weighted by atomic mass is 16.3. The fourth-order valence-corrected chi connectivity index (χ4v) is 7.16. The number of amidine groups is 1. The summed E-state index contributed by atoms with van der Waals surface area (Å²) in [6.45, 7) is 10.1. The van der Waals surface area contributed by atoms with E-state index < -0.39 is 95.3 Å². The number of rotatable bonds is 12. The number of aliphatic hydroxyl groups excluding tert-OH is 1. The molecule has 3 heterocycles. The average Bonchev–Trinajstić information content (AvgIpc) is 3.83. The topological polar surface area (TPSA) is 338 Å². The number of hydrogen-bond donors (Lipinski definition) is 13. The van der Waals surface area contributed by atoms with Crippen LogP contribution in [0.15, 0.2) is 4.99 Å². The minimum atomic E-state index is -1.47. The van der Waals surface area contributed by atoms with E-state index >= 15 is 0 Å². The van der Waals surface area contributed by atoms with Crippen LogP contribution in [0.25, 0.3) is 0 Å². The van der Waals surface area contributed by atoms with Crippen LogP contribution in [-0.2, 0) is 33.6 Å². The lowest BCUT2D eigenvalue weighted by Crippen LogP contribution is -2.61. The molecule has 8 atom stereocenters. The van der Waals surface area contributed by atoms with Gasteiger partial charge in [0.05, 0.1) is 6.10 Å². The maximum absolute atomic E-state index is 14.0. The second-order valence-corrected chi connectivity index (χ2v) is 16.5. The number of nitrogens with one attached hydrogen (secondary N) is 9. The molecule has 3 rings (SSSR count). The fourth-order valence-electron chi connectivity index (χ4n) is 7.16. The number of carbonyl (C=O) groups is 7. The van der Waals surface area contributed by atoms with Crippen LogP contribution in [0, 0.1) is 11.8 Å². The van der Waals surface area contributed by atoms with E-state index in [1.54, 1.807) is 0 Å². The molecule has 334 valence electrons. The van der Waals surface area contributed by atoms with Crippen molar-refractivity contribution in [1.29, 1.82) is 0 Å². The average molecular weight is 836 g/mol. The Morgan fingerprint density at radius 2 is 1.02 bits per heavy atom. The third-order valence-electron chi connectivity index (χ3n) is 10.5. The first-order valence-corrected chi connectivity index (χ1v) is 20.9. The molecular weight excluding hydrogens is 767 g/mol. The van der Waals surface area contributed by atoms with E-state index in [2.05, 4.69) is 52.8 Å². The van der Waals surface area contributed by atoms with Crippen LogP contribution in [0.4, 0.5) is 0 Å². The Kier molecular flexibility index (Phi) is 19.4. The molecule has 0 aromatic carbocycles. The first-order chi connectivity index (χ1) is 27.9. The quantitative estimate of drug-likeness (QED) is 0.0882. The van der Waals surface area contributed by atoms with Gasteiger partial charge in [0.15, 0.2) is 0 Å². The molecule has 3 aliphatic rings. The lowest BCUT2D eigenvalue weighted by molar-refractivity contribution is -0.136. The van der Waals surface area contributed by atoms with Gasteiger partial charge < -0.3 is 70.2 Å². The molecule has 3 aliphatic heterocycles. The minimum absolute atomic E-state index is 0.00734. The Morgan fingerprint density at radius 3 is 1.44 bits per heavy atom. The van der Waals surface area contributed by atoms with Gasteiger partial charge in [-0.2, -0.15) is 0 Å². The highest BCUT2D eigenvalue weighted by Crippen LogP contribution is 2.35. The number of carbonyl (C=O) groups excluding carboxylic acids is 7. The van der Waals surface area contributed by atoms with Gasteiger partial charge >= 0.3 is 0 Å². The van der Waals surface area contributed by atoms with E-state index in [1.165, 1.54) is 6.92 Å². The predicted octanol–water partition coefficient (Wildman–Crippen LogP) is -4.57. The lowest BCUT2D eigenvalue weighted by atomic mass is 9.94. The van der Waals surface area contributed by atoms with Crippen molar-refractivity contribution < 1.29 is 38.7 Å². The third kappa shape index (κ3) is 15.0. The molecule has 2 fully saturated rings. The SMILES string of the molecule is CC(C)C[C@@H]1NC(=O)[C@@H](CC(C)C)NC(=O)[C@H](CCN)NC(=O)[C@@H](NC2=NC23CCNCC3)CCNC(=O)[C@H]([C@@H](C)O)NC(=O)[C@H](CCN)NC(=O)[C@H](CCN)NC1=O. The van der Waals surface area contributed by atoms with Gasteiger partial charge in [0.25, 0.3) is 0 Å². The van der Waals surface area contributed by atoms with E-state index in [1.807, 2.05) is 27.7 Å². The van der Waals surface area contributed by atoms with Crippen LogP contribution in [0.2, 0.25) is 0 Å². The van der Waals surface area contributed by atoms with Gasteiger partial charge in [-0.1, -0.05) is 27.7 Å². The number of amides is 7. The molecule has 0 unspecified atom stereocenters. The zero-order chi connectivity index (χ0) is 43.9. The van der Waals surface area contributed by atoms with Gasteiger partial charge in [-0.15, -0.1) is 0 Å². The maximum atomic E-state index is 14.0. The zero-order valence-electron chi connectivity index (χ0n) is 35.2. The number of piperidine rings is 1. The second kappa shape index (κ2) is 23.4. The van der Waals surface area contributed by atoms with Crippen LogP contribution < -0.4 is 65.1 Å². The smallest absolute Gasteiger partial charge is 0.245 e. The highest BCUT2D eigenvalue weighted by molar-refractivity contribution is 6.06. The van der Waals surface area contributed by atoms with Crippen molar-refractivity contribution in [1.82, 2.24) is 47.9 Å². The van der Waals surface area contributed by atoms with Crippen molar-refractivity contribution in [2.75, 3.05) is 39.3 Å². The van der Waals surface area contributed by atoms with Gasteiger partial charge in [0.1, 0.15) is 53.7 Å². The summed E-state index contributed by atoms with van der Waals surface area (Å²) in [5.74, 6) is -4.48. The Morgan fingerprint density at radius 1 is 0.610 bits per heavy atom. The highest BCUT2D eigenvalue weighted by Gasteiger charge is 2.49. The van der Waals surface area contributed by atoms with Crippen molar-refractivity contribution in [2.24, 2.45) is 34.0 Å². The summed E-state index contributed by atoms with van der Waals surface area (Å²) in [6, 6.07) is -8.38. The largest absolute Gasteiger partial charge is 0.391 e.